The molecule has 2 heteroatoms. The van der Waals surface area contributed by atoms with Gasteiger partial charge in [0.2, 0.25) is 5.52 Å². The molecule has 0 aliphatic carbocycles. The minimum Gasteiger partial charge on any atom is -0.351 e. The number of anilines is 1. The summed E-state index contributed by atoms with van der Waals surface area (Å²) in [5.74, 6) is 0. The van der Waals surface area contributed by atoms with E-state index >= 15 is 0 Å². The Morgan fingerprint density at radius 1 is 0.960 bits per heavy atom. The maximum atomic E-state index is 2.18. The van der Waals surface area contributed by atoms with Crippen LogP contribution in [-0.4, -0.2) is 7.05 Å². The van der Waals surface area contributed by atoms with E-state index in [0.29, 0.717) is 0 Å². The molecule has 0 unspecified atom stereocenters. The summed E-state index contributed by atoms with van der Waals surface area (Å²) in [6.07, 6.45) is 12.9. The van der Waals surface area contributed by atoms with Crippen LogP contribution < -0.4 is 9.47 Å². The molecule has 0 amide bonds. The van der Waals surface area contributed by atoms with Gasteiger partial charge in [-0.1, -0.05) is 48.6 Å². The number of aromatic nitrogens is 1. The van der Waals surface area contributed by atoms with Gasteiger partial charge in [0.05, 0.1) is 5.39 Å². The van der Waals surface area contributed by atoms with Crippen LogP contribution in [-0.2, 0) is 7.05 Å². The molecule has 2 heterocycles. The van der Waals surface area contributed by atoms with E-state index in [4.69, 9.17) is 0 Å². The number of hydrogen-bond donors (Lipinski definition) is 0. The summed E-state index contributed by atoms with van der Waals surface area (Å²) >= 11 is 0. The molecule has 1 aliphatic rings. The first kappa shape index (κ1) is 15.4. The first-order valence-corrected chi connectivity index (χ1v) is 8.50. The van der Waals surface area contributed by atoms with Crippen molar-refractivity contribution in [1.29, 1.82) is 0 Å². The molecule has 1 aromatic heterocycles. The molecule has 25 heavy (non-hydrogen) atoms. The number of para-hydroxylation sites is 2. The second-order valence-electron chi connectivity index (χ2n) is 6.32. The predicted octanol–water partition coefficient (Wildman–Crippen LogP) is 4.72. The summed E-state index contributed by atoms with van der Waals surface area (Å²) in [5.41, 5.74) is 6.21. The zero-order valence-electron chi connectivity index (χ0n) is 14.6. The lowest BCUT2D eigenvalue weighted by atomic mass is 9.99. The lowest BCUT2D eigenvalue weighted by Crippen LogP contribution is -2.28. The fraction of sp³-hybridized carbons (Fsp3) is 0.0870. The number of rotatable bonds is 2. The van der Waals surface area contributed by atoms with Crippen LogP contribution in [0.4, 0.5) is 5.69 Å². The van der Waals surface area contributed by atoms with Gasteiger partial charge in [0, 0.05) is 36.6 Å². The first-order valence-electron chi connectivity index (χ1n) is 8.50. The number of benzene rings is 2. The molecule has 2 nitrogen and oxygen atoms in total. The lowest BCUT2D eigenvalue weighted by molar-refractivity contribution is -0.644. The predicted molar refractivity (Wildman–Crippen MR) is 106 cm³/mol. The summed E-state index contributed by atoms with van der Waals surface area (Å²) in [7, 11) is 4.16. The van der Waals surface area contributed by atoms with E-state index in [1.807, 2.05) is 0 Å². The number of fused-ring (bicyclic) bond motifs is 2. The summed E-state index contributed by atoms with van der Waals surface area (Å²) in [5, 5.41) is 1.27. The topological polar surface area (TPSA) is 7.12 Å². The number of allylic oxidation sites excluding steroid dienone is 4. The monoisotopic (exact) mass is 325 g/mol. The van der Waals surface area contributed by atoms with Gasteiger partial charge in [-0.3, -0.25) is 0 Å². The van der Waals surface area contributed by atoms with Crippen LogP contribution in [0, 0.1) is 0 Å². The van der Waals surface area contributed by atoms with Crippen LogP contribution in [0.15, 0.2) is 85.2 Å². The van der Waals surface area contributed by atoms with E-state index < -0.39 is 0 Å². The fourth-order valence-electron chi connectivity index (χ4n) is 3.32. The van der Waals surface area contributed by atoms with E-state index in [1.165, 1.54) is 33.3 Å². The van der Waals surface area contributed by atoms with Gasteiger partial charge in [-0.05, 0) is 29.3 Å². The largest absolute Gasteiger partial charge is 0.351 e. The van der Waals surface area contributed by atoms with Crippen molar-refractivity contribution in [2.45, 2.75) is 0 Å². The Labute approximate surface area is 148 Å². The average molecular weight is 325 g/mol. The second kappa shape index (κ2) is 6.40. The molecule has 2 aromatic carbocycles. The van der Waals surface area contributed by atoms with Gasteiger partial charge < -0.3 is 4.90 Å². The Bertz CT molecular complexity index is 1030. The first-order chi connectivity index (χ1) is 12.2. The molecule has 1 aliphatic heterocycles. The summed E-state index contributed by atoms with van der Waals surface area (Å²) in [4.78, 5) is 2.15. The summed E-state index contributed by atoms with van der Waals surface area (Å²) in [6.45, 7) is 0. The molecule has 3 aromatic rings. The average Bonchev–Trinajstić information content (AvgIpc) is 2.66. The number of nitrogens with zero attached hydrogens (tertiary/aromatic N) is 2. The van der Waals surface area contributed by atoms with Crippen molar-refractivity contribution in [2.75, 3.05) is 11.9 Å². The third-order valence-corrected chi connectivity index (χ3v) is 4.70. The third-order valence-electron chi connectivity index (χ3n) is 4.70. The minimum atomic E-state index is 1.23. The molecular formula is C23H21N2+. The molecular weight excluding hydrogens is 304 g/mol. The zero-order valence-corrected chi connectivity index (χ0v) is 14.6. The highest BCUT2D eigenvalue weighted by Crippen LogP contribution is 2.31. The second-order valence-corrected chi connectivity index (χ2v) is 6.32. The highest BCUT2D eigenvalue weighted by molar-refractivity contribution is 5.88. The third kappa shape index (κ3) is 2.87. The normalized spacial score (nSPS) is 15.3. The van der Waals surface area contributed by atoms with E-state index in [9.17, 15) is 0 Å². The van der Waals surface area contributed by atoms with Crippen LogP contribution in [0.25, 0.3) is 22.6 Å². The SMILES string of the molecule is CN1C=C/C(=C/C=C\c2cc[n+](C)c3ccccc23)c2ccccc21. The van der Waals surface area contributed by atoms with E-state index in [1.54, 1.807) is 0 Å². The van der Waals surface area contributed by atoms with Crippen molar-refractivity contribution in [1.82, 2.24) is 0 Å². The summed E-state index contributed by atoms with van der Waals surface area (Å²) < 4.78 is 2.15. The maximum absolute atomic E-state index is 2.18. The van der Waals surface area contributed by atoms with Crippen molar-refractivity contribution >= 4 is 28.2 Å². The van der Waals surface area contributed by atoms with Crippen LogP contribution in [0.5, 0.6) is 0 Å². The quantitative estimate of drug-likeness (QED) is 0.618. The molecule has 0 N–H and O–H groups in total. The molecule has 0 radical (unpaired) electrons. The molecule has 0 atom stereocenters. The van der Waals surface area contributed by atoms with Gasteiger partial charge in [0.15, 0.2) is 6.20 Å². The highest BCUT2D eigenvalue weighted by Gasteiger charge is 2.11. The fourth-order valence-corrected chi connectivity index (χ4v) is 3.32. The molecule has 0 saturated carbocycles. The molecule has 0 spiro atoms. The molecule has 4 rings (SSSR count). The minimum absolute atomic E-state index is 1.23. The molecule has 122 valence electrons. The van der Waals surface area contributed by atoms with Crippen molar-refractivity contribution in [3.05, 3.63) is 96.3 Å². The standard InChI is InChI=1S/C23H21N2/c1-24-16-14-18(20-10-3-5-12-22(20)24)8-7-9-19-15-17-25(2)23-13-6-4-11-21(19)23/h3-17H,1-2H3/q+1. The van der Waals surface area contributed by atoms with Crippen molar-refractivity contribution in [2.24, 2.45) is 7.05 Å². The lowest BCUT2D eigenvalue weighted by Gasteiger charge is -2.23. The number of aryl methyl sites for hydroxylation is 1. The van der Waals surface area contributed by atoms with Crippen molar-refractivity contribution in [3.8, 4) is 0 Å². The Hall–Kier alpha value is -3.13. The van der Waals surface area contributed by atoms with Gasteiger partial charge in [0.25, 0.3) is 0 Å². The Balaban J connectivity index is 1.71. The van der Waals surface area contributed by atoms with Crippen LogP contribution >= 0.6 is 0 Å². The van der Waals surface area contributed by atoms with E-state index in [-0.39, 0.29) is 0 Å². The van der Waals surface area contributed by atoms with Crippen LogP contribution in [0.3, 0.4) is 0 Å². The van der Waals surface area contributed by atoms with Gasteiger partial charge in [0.1, 0.15) is 7.05 Å². The van der Waals surface area contributed by atoms with Crippen LogP contribution in [0.1, 0.15) is 11.1 Å². The Morgan fingerprint density at radius 3 is 2.68 bits per heavy atom. The maximum Gasteiger partial charge on any atom is 0.212 e. The van der Waals surface area contributed by atoms with Crippen molar-refractivity contribution in [3.63, 3.8) is 0 Å². The molecule has 0 saturated heterocycles. The Morgan fingerprint density at radius 2 is 1.76 bits per heavy atom. The van der Waals surface area contributed by atoms with Crippen molar-refractivity contribution < 1.29 is 4.57 Å². The molecule has 0 fully saturated rings. The number of pyridine rings is 1. The van der Waals surface area contributed by atoms with Crippen LogP contribution in [0.2, 0.25) is 0 Å². The zero-order chi connectivity index (χ0) is 17.2. The number of hydrogen-bond acceptors (Lipinski definition) is 1. The highest BCUT2D eigenvalue weighted by atomic mass is 15.1. The van der Waals surface area contributed by atoms with E-state index in [2.05, 4.69) is 115 Å². The van der Waals surface area contributed by atoms with E-state index in [0.717, 1.165) is 0 Å². The van der Waals surface area contributed by atoms with Gasteiger partial charge >= 0.3 is 0 Å². The smallest absolute Gasteiger partial charge is 0.212 e. The Kier molecular flexibility index (Phi) is 3.95. The summed E-state index contributed by atoms with van der Waals surface area (Å²) in [6, 6.07) is 19.2. The van der Waals surface area contributed by atoms with Gasteiger partial charge in [-0.2, -0.15) is 0 Å². The van der Waals surface area contributed by atoms with Gasteiger partial charge in [-0.15, -0.1) is 0 Å². The van der Waals surface area contributed by atoms with Gasteiger partial charge in [-0.25, -0.2) is 4.57 Å². The molecule has 0 bridgehead atoms.